The summed E-state index contributed by atoms with van der Waals surface area (Å²) in [4.78, 5) is 2.54. The fourth-order valence-electron chi connectivity index (χ4n) is 3.44. The van der Waals surface area contributed by atoms with Crippen molar-refractivity contribution >= 4 is 5.69 Å². The molecule has 0 amide bonds. The van der Waals surface area contributed by atoms with Crippen LogP contribution < -0.4 is 15.0 Å². The number of piperidine rings is 1. The summed E-state index contributed by atoms with van der Waals surface area (Å²) >= 11 is 0. The molecule has 2 rings (SSSR count). The minimum Gasteiger partial charge on any atom is -0.496 e. The summed E-state index contributed by atoms with van der Waals surface area (Å²) in [7, 11) is 3.77. The topological polar surface area (TPSA) is 24.5 Å². The number of hydrogen-bond donors (Lipinski definition) is 1. The predicted octanol–water partition coefficient (Wildman–Crippen LogP) is 3.99. The highest BCUT2D eigenvalue weighted by Gasteiger charge is 2.23. The molecule has 0 radical (unpaired) electrons. The molecule has 1 fully saturated rings. The van der Waals surface area contributed by atoms with Gasteiger partial charge >= 0.3 is 0 Å². The Morgan fingerprint density at radius 3 is 2.62 bits per heavy atom. The van der Waals surface area contributed by atoms with E-state index in [9.17, 15) is 0 Å². The van der Waals surface area contributed by atoms with Crippen molar-refractivity contribution in [3.05, 3.63) is 23.8 Å². The van der Waals surface area contributed by atoms with Crippen molar-refractivity contribution < 1.29 is 4.74 Å². The Bertz CT molecular complexity index is 439. The zero-order valence-electron chi connectivity index (χ0n) is 14.0. The van der Waals surface area contributed by atoms with Gasteiger partial charge in [-0.15, -0.1) is 0 Å². The Labute approximate surface area is 129 Å². The Balaban J connectivity index is 2.20. The van der Waals surface area contributed by atoms with Crippen molar-refractivity contribution in [2.45, 2.75) is 45.6 Å². The molecule has 1 saturated heterocycles. The molecule has 0 bridgehead atoms. The Morgan fingerprint density at radius 1 is 1.33 bits per heavy atom. The first-order valence-corrected chi connectivity index (χ1v) is 8.30. The first-order valence-electron chi connectivity index (χ1n) is 8.30. The van der Waals surface area contributed by atoms with E-state index in [1.165, 1.54) is 50.0 Å². The van der Waals surface area contributed by atoms with Crippen LogP contribution in [-0.2, 0) is 0 Å². The van der Waals surface area contributed by atoms with Crippen LogP contribution in [-0.4, -0.2) is 27.2 Å². The quantitative estimate of drug-likeness (QED) is 0.857. The average molecular weight is 290 g/mol. The number of nitrogens with one attached hydrogen (secondary N) is 1. The molecular formula is C18H30N2O. The third kappa shape index (κ3) is 3.70. The van der Waals surface area contributed by atoms with Crippen LogP contribution in [0.1, 0.15) is 51.1 Å². The molecule has 0 aliphatic carbocycles. The van der Waals surface area contributed by atoms with E-state index >= 15 is 0 Å². The minimum atomic E-state index is 0.296. The van der Waals surface area contributed by atoms with Crippen LogP contribution in [0.2, 0.25) is 0 Å². The van der Waals surface area contributed by atoms with Crippen LogP contribution in [0.5, 0.6) is 5.75 Å². The lowest BCUT2D eigenvalue weighted by molar-refractivity contribution is 0.376. The predicted molar refractivity (Wildman–Crippen MR) is 90.3 cm³/mol. The van der Waals surface area contributed by atoms with Crippen LogP contribution >= 0.6 is 0 Å². The Morgan fingerprint density at radius 2 is 2.05 bits per heavy atom. The van der Waals surface area contributed by atoms with E-state index in [0.29, 0.717) is 6.04 Å². The van der Waals surface area contributed by atoms with Crippen molar-refractivity contribution in [1.82, 2.24) is 5.32 Å². The number of benzene rings is 1. The maximum Gasteiger partial charge on any atom is 0.125 e. The fraction of sp³-hybridized carbons (Fsp3) is 0.667. The third-order valence-corrected chi connectivity index (χ3v) is 4.78. The van der Waals surface area contributed by atoms with Gasteiger partial charge in [0.15, 0.2) is 0 Å². The zero-order chi connectivity index (χ0) is 15.2. The molecule has 1 aromatic carbocycles. The summed E-state index contributed by atoms with van der Waals surface area (Å²) < 4.78 is 5.59. The lowest BCUT2D eigenvalue weighted by Gasteiger charge is -2.36. The van der Waals surface area contributed by atoms with Crippen LogP contribution in [0, 0.1) is 5.92 Å². The van der Waals surface area contributed by atoms with Crippen molar-refractivity contribution in [2.75, 3.05) is 32.1 Å². The SMILES string of the molecule is CCCC1CCN(c2cccc(OC)c2C(C)NC)CC1. The van der Waals surface area contributed by atoms with Gasteiger partial charge in [-0.2, -0.15) is 0 Å². The second-order valence-corrected chi connectivity index (χ2v) is 6.12. The van der Waals surface area contributed by atoms with Gasteiger partial charge in [-0.3, -0.25) is 0 Å². The van der Waals surface area contributed by atoms with Gasteiger partial charge < -0.3 is 15.0 Å². The number of anilines is 1. The molecular weight excluding hydrogens is 260 g/mol. The van der Waals surface area contributed by atoms with Crippen molar-refractivity contribution in [3.8, 4) is 5.75 Å². The summed E-state index contributed by atoms with van der Waals surface area (Å²) in [5.74, 6) is 1.91. The zero-order valence-corrected chi connectivity index (χ0v) is 14.0. The third-order valence-electron chi connectivity index (χ3n) is 4.78. The van der Waals surface area contributed by atoms with E-state index in [-0.39, 0.29) is 0 Å². The lowest BCUT2D eigenvalue weighted by atomic mass is 9.91. The summed E-state index contributed by atoms with van der Waals surface area (Å²) in [5, 5.41) is 3.36. The fourth-order valence-corrected chi connectivity index (χ4v) is 3.44. The largest absolute Gasteiger partial charge is 0.496 e. The molecule has 118 valence electrons. The summed E-state index contributed by atoms with van der Waals surface area (Å²) in [6.45, 7) is 6.83. The van der Waals surface area contributed by atoms with E-state index in [1.54, 1.807) is 7.11 Å². The van der Waals surface area contributed by atoms with E-state index in [1.807, 2.05) is 7.05 Å². The van der Waals surface area contributed by atoms with Gasteiger partial charge in [-0.05, 0) is 44.9 Å². The maximum atomic E-state index is 5.59. The van der Waals surface area contributed by atoms with E-state index < -0.39 is 0 Å². The van der Waals surface area contributed by atoms with E-state index in [2.05, 4.69) is 42.3 Å². The molecule has 1 aromatic rings. The number of methoxy groups -OCH3 is 1. The molecule has 1 aliphatic heterocycles. The molecule has 1 N–H and O–H groups in total. The second kappa shape index (κ2) is 7.69. The molecule has 0 saturated carbocycles. The first-order chi connectivity index (χ1) is 10.2. The van der Waals surface area contributed by atoms with Gasteiger partial charge in [0.1, 0.15) is 5.75 Å². The van der Waals surface area contributed by atoms with Crippen molar-refractivity contribution in [1.29, 1.82) is 0 Å². The van der Waals surface area contributed by atoms with Gasteiger partial charge in [-0.1, -0.05) is 25.8 Å². The highest BCUT2D eigenvalue weighted by atomic mass is 16.5. The minimum absolute atomic E-state index is 0.296. The molecule has 1 heterocycles. The number of rotatable bonds is 6. The number of nitrogens with zero attached hydrogens (tertiary/aromatic N) is 1. The van der Waals surface area contributed by atoms with Gasteiger partial charge in [0.05, 0.1) is 7.11 Å². The maximum absolute atomic E-state index is 5.59. The van der Waals surface area contributed by atoms with Crippen LogP contribution in [0.25, 0.3) is 0 Å². The van der Waals surface area contributed by atoms with Crippen molar-refractivity contribution in [2.24, 2.45) is 5.92 Å². The van der Waals surface area contributed by atoms with E-state index in [0.717, 1.165) is 11.7 Å². The highest BCUT2D eigenvalue weighted by molar-refractivity contribution is 5.61. The second-order valence-electron chi connectivity index (χ2n) is 6.12. The van der Waals surface area contributed by atoms with Crippen LogP contribution in [0.3, 0.4) is 0 Å². The number of ether oxygens (including phenoxy) is 1. The average Bonchev–Trinajstić information content (AvgIpc) is 2.54. The Hall–Kier alpha value is -1.22. The first kappa shape index (κ1) is 16.2. The smallest absolute Gasteiger partial charge is 0.125 e. The molecule has 21 heavy (non-hydrogen) atoms. The molecule has 0 spiro atoms. The van der Waals surface area contributed by atoms with Crippen LogP contribution in [0.15, 0.2) is 18.2 Å². The number of hydrogen-bond acceptors (Lipinski definition) is 3. The molecule has 1 atom stereocenters. The Kier molecular flexibility index (Phi) is 5.92. The summed E-state index contributed by atoms with van der Waals surface area (Å²) in [6, 6.07) is 6.71. The van der Waals surface area contributed by atoms with Gasteiger partial charge in [-0.25, -0.2) is 0 Å². The molecule has 1 unspecified atom stereocenters. The lowest BCUT2D eigenvalue weighted by Crippen LogP contribution is -2.35. The summed E-state index contributed by atoms with van der Waals surface area (Å²) in [5.41, 5.74) is 2.63. The highest BCUT2D eigenvalue weighted by Crippen LogP contribution is 2.36. The normalized spacial score (nSPS) is 17.8. The molecule has 3 heteroatoms. The van der Waals surface area contributed by atoms with Crippen LogP contribution in [0.4, 0.5) is 5.69 Å². The van der Waals surface area contributed by atoms with Gasteiger partial charge in [0.25, 0.3) is 0 Å². The van der Waals surface area contributed by atoms with Crippen molar-refractivity contribution in [3.63, 3.8) is 0 Å². The molecule has 0 aromatic heterocycles. The monoisotopic (exact) mass is 290 g/mol. The standard InChI is InChI=1S/C18H30N2O/c1-5-7-15-10-12-20(13-11-15)16-8-6-9-17(21-4)18(16)14(2)19-3/h6,8-9,14-15,19H,5,7,10-13H2,1-4H3. The van der Waals surface area contributed by atoms with Gasteiger partial charge in [0, 0.05) is 30.4 Å². The molecule has 3 nitrogen and oxygen atoms in total. The summed E-state index contributed by atoms with van der Waals surface area (Å²) in [6.07, 6.45) is 5.33. The molecule has 1 aliphatic rings. The van der Waals surface area contributed by atoms with Gasteiger partial charge in [0.2, 0.25) is 0 Å². The van der Waals surface area contributed by atoms with E-state index in [4.69, 9.17) is 4.74 Å².